The lowest BCUT2D eigenvalue weighted by atomic mass is 10.1. The fraction of sp³-hybridized carbons (Fsp3) is 0.500. The van der Waals surface area contributed by atoms with Crippen molar-refractivity contribution in [3.8, 4) is 0 Å². The Bertz CT molecular complexity index is 309. The highest BCUT2D eigenvalue weighted by Crippen LogP contribution is 2.05. The van der Waals surface area contributed by atoms with Crippen molar-refractivity contribution >= 4 is 5.78 Å². The first kappa shape index (κ1) is 13.9. The lowest BCUT2D eigenvalue weighted by Crippen LogP contribution is -2.04. The molecular weight excluding hydrogens is 216 g/mol. The summed E-state index contributed by atoms with van der Waals surface area (Å²) in [6.07, 6.45) is 2.23. The predicted octanol–water partition coefficient (Wildman–Crippen LogP) is 2.70. The molecule has 0 saturated heterocycles. The molecular formula is C14H20O3. The van der Waals surface area contributed by atoms with Crippen molar-refractivity contribution in [3.63, 3.8) is 0 Å². The number of carbonyl (C=O) groups is 1. The summed E-state index contributed by atoms with van der Waals surface area (Å²) in [5.41, 5.74) is 0.784. The summed E-state index contributed by atoms with van der Waals surface area (Å²) in [6, 6.07) is 9.38. The van der Waals surface area contributed by atoms with Crippen LogP contribution in [0, 0.1) is 0 Å². The van der Waals surface area contributed by atoms with Gasteiger partial charge in [0.1, 0.15) is 0 Å². The van der Waals surface area contributed by atoms with Gasteiger partial charge in [-0.05, 0) is 12.8 Å². The molecule has 0 N–H and O–H groups in total. The number of ketones is 1. The molecule has 94 valence electrons. The average molecular weight is 236 g/mol. The molecule has 0 amide bonds. The van der Waals surface area contributed by atoms with E-state index in [1.54, 1.807) is 7.11 Å². The van der Waals surface area contributed by atoms with Crippen LogP contribution in [0.1, 0.15) is 29.6 Å². The van der Waals surface area contributed by atoms with Crippen molar-refractivity contribution in [2.75, 3.05) is 26.9 Å². The molecule has 0 aliphatic rings. The molecule has 1 aromatic carbocycles. The van der Waals surface area contributed by atoms with Crippen LogP contribution in [0.5, 0.6) is 0 Å². The van der Waals surface area contributed by atoms with Crippen LogP contribution in [0.4, 0.5) is 0 Å². The first-order valence-electron chi connectivity index (χ1n) is 5.99. The standard InChI is InChI=1S/C14H20O3/c1-16-10-6-12-17-11-5-9-14(15)13-7-3-2-4-8-13/h2-4,7-8H,5-6,9-12H2,1H3. The summed E-state index contributed by atoms with van der Waals surface area (Å²) in [5.74, 6) is 0.186. The third-order valence-corrected chi connectivity index (χ3v) is 2.43. The Balaban J connectivity index is 2.05. The van der Waals surface area contributed by atoms with E-state index in [4.69, 9.17) is 9.47 Å². The van der Waals surface area contributed by atoms with Crippen molar-refractivity contribution in [1.82, 2.24) is 0 Å². The predicted molar refractivity (Wildman–Crippen MR) is 67.3 cm³/mol. The van der Waals surface area contributed by atoms with Gasteiger partial charge in [0.2, 0.25) is 0 Å². The molecule has 0 aliphatic heterocycles. The van der Waals surface area contributed by atoms with E-state index >= 15 is 0 Å². The second-order valence-corrected chi connectivity index (χ2v) is 3.85. The Labute approximate surface area is 103 Å². The van der Waals surface area contributed by atoms with E-state index in [-0.39, 0.29) is 5.78 Å². The summed E-state index contributed by atoms with van der Waals surface area (Å²) >= 11 is 0. The fourth-order valence-corrected chi connectivity index (χ4v) is 1.51. The van der Waals surface area contributed by atoms with E-state index in [1.165, 1.54) is 0 Å². The van der Waals surface area contributed by atoms with Crippen molar-refractivity contribution in [1.29, 1.82) is 0 Å². The monoisotopic (exact) mass is 236 g/mol. The molecule has 0 aromatic heterocycles. The van der Waals surface area contributed by atoms with Crippen LogP contribution in [-0.2, 0) is 9.47 Å². The molecule has 0 fully saturated rings. The van der Waals surface area contributed by atoms with Crippen LogP contribution < -0.4 is 0 Å². The van der Waals surface area contributed by atoms with Gasteiger partial charge in [0, 0.05) is 38.9 Å². The number of Topliss-reactive ketones (excluding diaryl/α,β-unsaturated/α-hetero) is 1. The van der Waals surface area contributed by atoms with E-state index in [1.807, 2.05) is 30.3 Å². The summed E-state index contributed by atoms with van der Waals surface area (Å²) < 4.78 is 10.3. The summed E-state index contributed by atoms with van der Waals surface area (Å²) in [6.45, 7) is 2.07. The van der Waals surface area contributed by atoms with Gasteiger partial charge in [0.25, 0.3) is 0 Å². The number of hydrogen-bond acceptors (Lipinski definition) is 3. The number of benzene rings is 1. The number of ether oxygens (including phenoxy) is 2. The third-order valence-electron chi connectivity index (χ3n) is 2.43. The van der Waals surface area contributed by atoms with Crippen LogP contribution in [0.2, 0.25) is 0 Å². The molecule has 0 saturated carbocycles. The minimum absolute atomic E-state index is 0.186. The first-order chi connectivity index (χ1) is 8.34. The topological polar surface area (TPSA) is 35.5 Å². The Morgan fingerprint density at radius 3 is 2.47 bits per heavy atom. The van der Waals surface area contributed by atoms with E-state index in [2.05, 4.69) is 0 Å². The second kappa shape index (κ2) is 8.90. The zero-order valence-electron chi connectivity index (χ0n) is 10.4. The van der Waals surface area contributed by atoms with Gasteiger partial charge in [-0.1, -0.05) is 30.3 Å². The molecule has 3 heteroatoms. The van der Waals surface area contributed by atoms with Crippen LogP contribution in [-0.4, -0.2) is 32.7 Å². The zero-order valence-corrected chi connectivity index (χ0v) is 10.4. The SMILES string of the molecule is COCCCOCCCC(=O)c1ccccc1. The zero-order chi connectivity index (χ0) is 12.3. The first-order valence-corrected chi connectivity index (χ1v) is 5.99. The Morgan fingerprint density at radius 1 is 1.06 bits per heavy atom. The molecule has 1 rings (SSSR count). The van der Waals surface area contributed by atoms with E-state index in [9.17, 15) is 4.79 Å². The fourth-order valence-electron chi connectivity index (χ4n) is 1.51. The molecule has 3 nitrogen and oxygen atoms in total. The van der Waals surface area contributed by atoms with Gasteiger partial charge in [-0.25, -0.2) is 0 Å². The highest BCUT2D eigenvalue weighted by atomic mass is 16.5. The smallest absolute Gasteiger partial charge is 0.162 e. The molecule has 0 heterocycles. The van der Waals surface area contributed by atoms with Crippen LogP contribution in [0.25, 0.3) is 0 Å². The normalized spacial score (nSPS) is 10.4. The minimum Gasteiger partial charge on any atom is -0.385 e. The molecule has 0 bridgehead atoms. The van der Waals surface area contributed by atoms with Crippen molar-refractivity contribution < 1.29 is 14.3 Å². The molecule has 0 spiro atoms. The van der Waals surface area contributed by atoms with Gasteiger partial charge < -0.3 is 9.47 Å². The van der Waals surface area contributed by atoms with Crippen LogP contribution >= 0.6 is 0 Å². The largest absolute Gasteiger partial charge is 0.385 e. The van der Waals surface area contributed by atoms with E-state index in [0.717, 1.165) is 25.0 Å². The Morgan fingerprint density at radius 2 is 1.76 bits per heavy atom. The molecule has 0 atom stereocenters. The van der Waals surface area contributed by atoms with Crippen molar-refractivity contribution in [2.24, 2.45) is 0 Å². The maximum atomic E-state index is 11.7. The van der Waals surface area contributed by atoms with Gasteiger partial charge in [-0.15, -0.1) is 0 Å². The number of methoxy groups -OCH3 is 1. The lowest BCUT2D eigenvalue weighted by molar-refractivity contribution is 0.0887. The highest BCUT2D eigenvalue weighted by Gasteiger charge is 2.03. The van der Waals surface area contributed by atoms with Gasteiger partial charge in [-0.2, -0.15) is 0 Å². The van der Waals surface area contributed by atoms with Gasteiger partial charge in [-0.3, -0.25) is 4.79 Å². The van der Waals surface area contributed by atoms with Gasteiger partial charge in [0.05, 0.1) is 0 Å². The Kier molecular flexibility index (Phi) is 7.27. The number of rotatable bonds is 9. The number of hydrogen-bond donors (Lipinski definition) is 0. The highest BCUT2D eigenvalue weighted by molar-refractivity contribution is 5.95. The minimum atomic E-state index is 0.186. The Hall–Kier alpha value is -1.19. The summed E-state index contributed by atoms with van der Waals surface area (Å²) in [5, 5.41) is 0. The quantitative estimate of drug-likeness (QED) is 0.488. The van der Waals surface area contributed by atoms with Gasteiger partial charge in [0.15, 0.2) is 5.78 Å². The molecule has 0 aliphatic carbocycles. The van der Waals surface area contributed by atoms with E-state index in [0.29, 0.717) is 19.6 Å². The molecule has 0 radical (unpaired) electrons. The van der Waals surface area contributed by atoms with Crippen molar-refractivity contribution in [3.05, 3.63) is 35.9 Å². The molecule has 1 aromatic rings. The maximum absolute atomic E-state index is 11.7. The molecule has 0 unspecified atom stereocenters. The molecule has 17 heavy (non-hydrogen) atoms. The lowest BCUT2D eigenvalue weighted by Gasteiger charge is -2.03. The van der Waals surface area contributed by atoms with Crippen molar-refractivity contribution in [2.45, 2.75) is 19.3 Å². The van der Waals surface area contributed by atoms with E-state index < -0.39 is 0 Å². The van der Waals surface area contributed by atoms with Gasteiger partial charge >= 0.3 is 0 Å². The second-order valence-electron chi connectivity index (χ2n) is 3.85. The summed E-state index contributed by atoms with van der Waals surface area (Å²) in [4.78, 5) is 11.7. The third kappa shape index (κ3) is 6.19. The van der Waals surface area contributed by atoms with Crippen LogP contribution in [0.3, 0.4) is 0 Å². The maximum Gasteiger partial charge on any atom is 0.162 e. The summed E-state index contributed by atoms with van der Waals surface area (Å²) in [7, 11) is 1.68. The number of carbonyl (C=O) groups excluding carboxylic acids is 1. The van der Waals surface area contributed by atoms with Crippen LogP contribution in [0.15, 0.2) is 30.3 Å². The average Bonchev–Trinajstić information content (AvgIpc) is 2.38.